The zero-order chi connectivity index (χ0) is 17.5. The van der Waals surface area contributed by atoms with Gasteiger partial charge in [0.1, 0.15) is 0 Å². The van der Waals surface area contributed by atoms with Crippen LogP contribution in [0.15, 0.2) is 66.2 Å². The molecule has 0 unspecified atom stereocenters. The Morgan fingerprint density at radius 2 is 1.56 bits per heavy atom. The van der Waals surface area contributed by atoms with Crippen molar-refractivity contribution in [3.05, 3.63) is 66.2 Å². The summed E-state index contributed by atoms with van der Waals surface area (Å²) in [5.74, 6) is -0.417. The van der Waals surface area contributed by atoms with E-state index in [0.717, 1.165) is 16.8 Å². The normalized spacial score (nSPS) is 10.2. The van der Waals surface area contributed by atoms with Crippen LogP contribution in [-0.2, 0) is 9.59 Å². The number of benzene rings is 2. The average molecular weight is 351 g/mol. The van der Waals surface area contributed by atoms with E-state index in [2.05, 4.69) is 15.6 Å². The van der Waals surface area contributed by atoms with Gasteiger partial charge in [0.25, 0.3) is 0 Å². The maximum Gasteiger partial charge on any atom is 0.226 e. The molecule has 6 heteroatoms. The third-order valence-electron chi connectivity index (χ3n) is 3.54. The molecule has 0 aliphatic carbocycles. The van der Waals surface area contributed by atoms with Crippen molar-refractivity contribution in [2.75, 3.05) is 10.6 Å². The van der Waals surface area contributed by atoms with E-state index in [1.165, 1.54) is 11.3 Å². The third-order valence-corrected chi connectivity index (χ3v) is 4.23. The Labute approximate surface area is 149 Å². The van der Waals surface area contributed by atoms with E-state index in [-0.39, 0.29) is 24.7 Å². The first-order valence-electron chi connectivity index (χ1n) is 7.86. The second-order valence-electron chi connectivity index (χ2n) is 5.35. The lowest BCUT2D eigenvalue weighted by Crippen LogP contribution is -2.17. The van der Waals surface area contributed by atoms with Crippen LogP contribution in [0, 0.1) is 0 Å². The van der Waals surface area contributed by atoms with E-state index in [1.807, 2.05) is 54.6 Å². The van der Waals surface area contributed by atoms with Crippen molar-refractivity contribution in [2.24, 2.45) is 0 Å². The standard InChI is InChI=1S/C19H17N3O2S/c23-17(10-11-18(24)22-19-20-12-13-25-19)21-16-9-5-4-8-15(16)14-6-2-1-3-7-14/h1-9,12-13H,10-11H2,(H,21,23)(H,20,22,24). The quantitative estimate of drug-likeness (QED) is 0.700. The first kappa shape index (κ1) is 16.9. The van der Waals surface area contributed by atoms with Gasteiger partial charge in [-0.15, -0.1) is 11.3 Å². The molecule has 0 saturated carbocycles. The number of carbonyl (C=O) groups excluding carboxylic acids is 2. The maximum absolute atomic E-state index is 12.2. The van der Waals surface area contributed by atoms with Crippen LogP contribution < -0.4 is 10.6 Å². The van der Waals surface area contributed by atoms with E-state index in [0.29, 0.717) is 5.13 Å². The van der Waals surface area contributed by atoms with Crippen LogP contribution in [0.2, 0.25) is 0 Å². The third kappa shape index (κ3) is 4.74. The van der Waals surface area contributed by atoms with E-state index in [9.17, 15) is 9.59 Å². The second-order valence-corrected chi connectivity index (χ2v) is 6.24. The van der Waals surface area contributed by atoms with Crippen molar-refractivity contribution in [1.82, 2.24) is 4.98 Å². The lowest BCUT2D eigenvalue weighted by molar-refractivity contribution is -0.121. The van der Waals surface area contributed by atoms with Crippen LogP contribution in [0.3, 0.4) is 0 Å². The van der Waals surface area contributed by atoms with Gasteiger partial charge in [0.05, 0.1) is 0 Å². The van der Waals surface area contributed by atoms with Crippen molar-refractivity contribution in [2.45, 2.75) is 12.8 Å². The number of aromatic nitrogens is 1. The van der Waals surface area contributed by atoms with E-state index >= 15 is 0 Å². The summed E-state index contributed by atoms with van der Waals surface area (Å²) in [5.41, 5.74) is 2.71. The van der Waals surface area contributed by atoms with Gasteiger partial charge >= 0.3 is 0 Å². The summed E-state index contributed by atoms with van der Waals surface area (Å²) in [6.45, 7) is 0. The summed E-state index contributed by atoms with van der Waals surface area (Å²) in [7, 11) is 0. The SMILES string of the molecule is O=C(CCC(=O)Nc1ccccc1-c1ccccc1)Nc1nccs1. The van der Waals surface area contributed by atoms with Crippen LogP contribution >= 0.6 is 11.3 Å². The van der Waals surface area contributed by atoms with Crippen molar-refractivity contribution in [3.8, 4) is 11.1 Å². The lowest BCUT2D eigenvalue weighted by Gasteiger charge is -2.11. The van der Waals surface area contributed by atoms with Gasteiger partial charge < -0.3 is 10.6 Å². The van der Waals surface area contributed by atoms with Crippen LogP contribution in [0.1, 0.15) is 12.8 Å². The predicted molar refractivity (Wildman–Crippen MR) is 100 cm³/mol. The fraction of sp³-hybridized carbons (Fsp3) is 0.105. The number of para-hydroxylation sites is 1. The number of hydrogen-bond donors (Lipinski definition) is 2. The largest absolute Gasteiger partial charge is 0.326 e. The topological polar surface area (TPSA) is 71.1 Å². The van der Waals surface area contributed by atoms with E-state index in [4.69, 9.17) is 0 Å². The molecule has 0 fully saturated rings. The molecule has 0 atom stereocenters. The van der Waals surface area contributed by atoms with Gasteiger partial charge in [-0.25, -0.2) is 4.98 Å². The molecule has 1 aromatic heterocycles. The van der Waals surface area contributed by atoms with Crippen molar-refractivity contribution in [1.29, 1.82) is 0 Å². The maximum atomic E-state index is 12.2. The van der Waals surface area contributed by atoms with Crippen LogP contribution in [0.5, 0.6) is 0 Å². The molecular weight excluding hydrogens is 334 g/mol. The Morgan fingerprint density at radius 1 is 0.880 bits per heavy atom. The lowest BCUT2D eigenvalue weighted by atomic mass is 10.0. The van der Waals surface area contributed by atoms with Crippen LogP contribution in [-0.4, -0.2) is 16.8 Å². The predicted octanol–water partition coefficient (Wildman–Crippen LogP) is 4.17. The molecule has 3 aromatic rings. The minimum Gasteiger partial charge on any atom is -0.326 e. The highest BCUT2D eigenvalue weighted by atomic mass is 32.1. The number of nitrogens with zero attached hydrogens (tertiary/aromatic N) is 1. The molecule has 0 saturated heterocycles. The molecule has 0 aliphatic rings. The first-order chi connectivity index (χ1) is 12.2. The highest BCUT2D eigenvalue weighted by Crippen LogP contribution is 2.27. The Bertz CT molecular complexity index is 848. The minimum atomic E-state index is -0.221. The molecule has 2 aromatic carbocycles. The fourth-order valence-electron chi connectivity index (χ4n) is 2.37. The molecule has 2 amide bonds. The van der Waals surface area contributed by atoms with Crippen molar-refractivity contribution < 1.29 is 9.59 Å². The van der Waals surface area contributed by atoms with Gasteiger partial charge in [0, 0.05) is 35.7 Å². The van der Waals surface area contributed by atoms with E-state index < -0.39 is 0 Å². The molecular formula is C19H17N3O2S. The molecule has 0 bridgehead atoms. The number of carbonyl (C=O) groups is 2. The number of amides is 2. The molecule has 0 aliphatic heterocycles. The number of thiazole rings is 1. The molecule has 0 spiro atoms. The van der Waals surface area contributed by atoms with Gasteiger partial charge in [-0.3, -0.25) is 9.59 Å². The minimum absolute atomic E-state index is 0.110. The number of hydrogen-bond acceptors (Lipinski definition) is 4. The Morgan fingerprint density at radius 3 is 2.28 bits per heavy atom. The smallest absolute Gasteiger partial charge is 0.226 e. The van der Waals surface area contributed by atoms with Crippen molar-refractivity contribution >= 4 is 34.0 Å². The summed E-state index contributed by atoms with van der Waals surface area (Å²) in [4.78, 5) is 28.0. The zero-order valence-electron chi connectivity index (χ0n) is 13.4. The number of nitrogens with one attached hydrogen (secondary N) is 2. The zero-order valence-corrected chi connectivity index (χ0v) is 14.3. The van der Waals surface area contributed by atoms with Crippen LogP contribution in [0.25, 0.3) is 11.1 Å². The summed E-state index contributed by atoms with van der Waals surface area (Å²) >= 11 is 1.34. The molecule has 5 nitrogen and oxygen atoms in total. The molecule has 2 N–H and O–H groups in total. The monoisotopic (exact) mass is 351 g/mol. The summed E-state index contributed by atoms with van der Waals surface area (Å²) < 4.78 is 0. The summed E-state index contributed by atoms with van der Waals surface area (Å²) in [6, 6.07) is 17.5. The van der Waals surface area contributed by atoms with Gasteiger partial charge in [0.2, 0.25) is 11.8 Å². The van der Waals surface area contributed by atoms with Gasteiger partial charge in [-0.05, 0) is 11.6 Å². The fourth-order valence-corrected chi connectivity index (χ4v) is 2.91. The molecule has 126 valence electrons. The molecule has 0 radical (unpaired) electrons. The summed E-state index contributed by atoms with van der Waals surface area (Å²) in [6.07, 6.45) is 1.84. The number of rotatable bonds is 6. The van der Waals surface area contributed by atoms with Gasteiger partial charge in [-0.2, -0.15) is 0 Å². The second kappa shape index (κ2) is 8.21. The van der Waals surface area contributed by atoms with Gasteiger partial charge in [-0.1, -0.05) is 48.5 Å². The van der Waals surface area contributed by atoms with Crippen LogP contribution in [0.4, 0.5) is 10.8 Å². The highest BCUT2D eigenvalue weighted by Gasteiger charge is 2.11. The highest BCUT2D eigenvalue weighted by molar-refractivity contribution is 7.13. The Balaban J connectivity index is 1.59. The first-order valence-corrected chi connectivity index (χ1v) is 8.74. The van der Waals surface area contributed by atoms with Gasteiger partial charge in [0.15, 0.2) is 5.13 Å². The Kier molecular flexibility index (Phi) is 5.53. The number of anilines is 2. The molecule has 25 heavy (non-hydrogen) atoms. The van der Waals surface area contributed by atoms with Crippen molar-refractivity contribution in [3.63, 3.8) is 0 Å². The molecule has 1 heterocycles. The molecule has 3 rings (SSSR count). The van der Waals surface area contributed by atoms with E-state index in [1.54, 1.807) is 11.6 Å². The summed E-state index contributed by atoms with van der Waals surface area (Å²) in [5, 5.41) is 7.88. The Hall–Kier alpha value is -2.99. The average Bonchev–Trinajstić information content (AvgIpc) is 3.14.